The number of anilines is 1. The second-order valence-electron chi connectivity index (χ2n) is 5.93. The number of amides is 1. The van der Waals surface area contributed by atoms with Crippen molar-refractivity contribution < 1.29 is 9.53 Å². The van der Waals surface area contributed by atoms with E-state index in [9.17, 15) is 4.79 Å². The summed E-state index contributed by atoms with van der Waals surface area (Å²) in [6.45, 7) is 1.37. The standard InChI is InChI=1S/C19H21IN2O2/c1-24-15-10-8-14(9-11-15)18-7-4-12-22(18)13-19(23)21-17-6-3-2-5-16(17)20/h2-3,5-6,8-11,18H,4,7,12-13H2,1H3,(H,21,23). The van der Waals surface area contributed by atoms with Crippen LogP contribution in [0, 0.1) is 3.57 Å². The lowest BCUT2D eigenvalue weighted by molar-refractivity contribution is -0.117. The molecule has 1 heterocycles. The molecule has 1 unspecified atom stereocenters. The van der Waals surface area contributed by atoms with E-state index in [0.29, 0.717) is 12.6 Å². The summed E-state index contributed by atoms with van der Waals surface area (Å²) >= 11 is 2.24. The first kappa shape index (κ1) is 17.2. The van der Waals surface area contributed by atoms with Crippen LogP contribution >= 0.6 is 22.6 Å². The van der Waals surface area contributed by atoms with Gasteiger partial charge in [-0.3, -0.25) is 9.69 Å². The highest BCUT2D eigenvalue weighted by atomic mass is 127. The maximum atomic E-state index is 12.4. The van der Waals surface area contributed by atoms with E-state index in [1.54, 1.807) is 7.11 Å². The molecule has 126 valence electrons. The third-order valence-corrected chi connectivity index (χ3v) is 5.30. The van der Waals surface area contributed by atoms with Crippen molar-refractivity contribution in [1.29, 1.82) is 0 Å². The highest BCUT2D eigenvalue weighted by molar-refractivity contribution is 14.1. The maximum absolute atomic E-state index is 12.4. The van der Waals surface area contributed by atoms with Crippen LogP contribution in [0.5, 0.6) is 5.75 Å². The molecule has 0 saturated carbocycles. The van der Waals surface area contributed by atoms with Crippen molar-refractivity contribution in [3.05, 3.63) is 57.7 Å². The lowest BCUT2D eigenvalue weighted by Gasteiger charge is -2.24. The highest BCUT2D eigenvalue weighted by Gasteiger charge is 2.27. The van der Waals surface area contributed by atoms with Gasteiger partial charge in [0, 0.05) is 9.61 Å². The Labute approximate surface area is 156 Å². The number of nitrogens with zero attached hydrogens (tertiary/aromatic N) is 1. The third-order valence-electron chi connectivity index (χ3n) is 4.36. The van der Waals surface area contributed by atoms with E-state index in [-0.39, 0.29) is 5.91 Å². The number of hydrogen-bond acceptors (Lipinski definition) is 3. The molecule has 2 aromatic rings. The number of hydrogen-bond donors (Lipinski definition) is 1. The van der Waals surface area contributed by atoms with Gasteiger partial charge in [0.15, 0.2) is 0 Å². The summed E-state index contributed by atoms with van der Waals surface area (Å²) in [5.74, 6) is 0.902. The summed E-state index contributed by atoms with van der Waals surface area (Å²) in [5, 5.41) is 3.02. The fourth-order valence-corrected chi connectivity index (χ4v) is 3.68. The minimum atomic E-state index is 0.0412. The van der Waals surface area contributed by atoms with Crippen LogP contribution < -0.4 is 10.1 Å². The fraction of sp³-hybridized carbons (Fsp3) is 0.316. The van der Waals surface area contributed by atoms with Gasteiger partial charge < -0.3 is 10.1 Å². The Kier molecular flexibility index (Phi) is 5.73. The van der Waals surface area contributed by atoms with Crippen molar-refractivity contribution in [2.45, 2.75) is 18.9 Å². The lowest BCUT2D eigenvalue weighted by Crippen LogP contribution is -2.33. The zero-order chi connectivity index (χ0) is 16.9. The SMILES string of the molecule is COc1ccc(C2CCCN2CC(=O)Nc2ccccc2I)cc1. The van der Waals surface area contributed by atoms with Gasteiger partial charge in [-0.15, -0.1) is 0 Å². The summed E-state index contributed by atoms with van der Waals surface area (Å²) in [5.41, 5.74) is 2.12. The first-order valence-corrected chi connectivity index (χ1v) is 9.17. The van der Waals surface area contributed by atoms with Crippen molar-refractivity contribution in [1.82, 2.24) is 4.90 Å². The predicted octanol–water partition coefficient (Wildman–Crippen LogP) is 4.08. The van der Waals surface area contributed by atoms with Crippen LogP contribution in [0.15, 0.2) is 48.5 Å². The Balaban J connectivity index is 1.65. The van der Waals surface area contributed by atoms with Crippen LogP contribution in [0.1, 0.15) is 24.4 Å². The molecule has 0 aliphatic carbocycles. The zero-order valence-electron chi connectivity index (χ0n) is 13.7. The van der Waals surface area contributed by atoms with Crippen molar-refractivity contribution >= 4 is 34.2 Å². The number of para-hydroxylation sites is 1. The van der Waals surface area contributed by atoms with Gasteiger partial charge in [-0.2, -0.15) is 0 Å². The largest absolute Gasteiger partial charge is 0.497 e. The van der Waals surface area contributed by atoms with Gasteiger partial charge in [0.05, 0.1) is 19.3 Å². The minimum Gasteiger partial charge on any atom is -0.497 e. The summed E-state index contributed by atoms with van der Waals surface area (Å²) in [7, 11) is 1.67. The van der Waals surface area contributed by atoms with E-state index in [2.05, 4.69) is 44.9 Å². The Morgan fingerprint density at radius 2 is 2.00 bits per heavy atom. The average Bonchev–Trinajstić information content (AvgIpc) is 3.05. The summed E-state index contributed by atoms with van der Waals surface area (Å²) in [4.78, 5) is 14.7. The Bertz CT molecular complexity index is 703. The molecule has 1 saturated heterocycles. The van der Waals surface area contributed by atoms with Gasteiger partial charge in [0.25, 0.3) is 0 Å². The van der Waals surface area contributed by atoms with Gasteiger partial charge >= 0.3 is 0 Å². The monoisotopic (exact) mass is 436 g/mol. The van der Waals surface area contributed by atoms with E-state index in [4.69, 9.17) is 4.74 Å². The first-order valence-electron chi connectivity index (χ1n) is 8.10. The summed E-state index contributed by atoms with van der Waals surface area (Å²) in [6, 6.07) is 16.3. The molecule has 1 aliphatic rings. The number of methoxy groups -OCH3 is 1. The summed E-state index contributed by atoms with van der Waals surface area (Å²) in [6.07, 6.45) is 2.20. The molecule has 2 aromatic carbocycles. The molecule has 1 atom stereocenters. The smallest absolute Gasteiger partial charge is 0.238 e. The quantitative estimate of drug-likeness (QED) is 0.719. The fourth-order valence-electron chi connectivity index (χ4n) is 3.16. The van der Waals surface area contributed by atoms with E-state index in [1.807, 2.05) is 36.4 Å². The molecule has 1 amide bonds. The van der Waals surface area contributed by atoms with Crippen LogP contribution in [0.2, 0.25) is 0 Å². The number of benzene rings is 2. The molecule has 4 nitrogen and oxygen atoms in total. The van der Waals surface area contributed by atoms with Crippen LogP contribution in [0.3, 0.4) is 0 Å². The van der Waals surface area contributed by atoms with E-state index in [1.165, 1.54) is 5.56 Å². The number of rotatable bonds is 5. The molecule has 0 aromatic heterocycles. The number of carbonyl (C=O) groups is 1. The molecule has 0 bridgehead atoms. The normalized spacial score (nSPS) is 17.7. The van der Waals surface area contributed by atoms with Crippen molar-refractivity contribution in [2.75, 3.05) is 25.5 Å². The predicted molar refractivity (Wildman–Crippen MR) is 104 cm³/mol. The van der Waals surface area contributed by atoms with Crippen molar-refractivity contribution in [2.24, 2.45) is 0 Å². The van der Waals surface area contributed by atoms with E-state index in [0.717, 1.165) is 34.4 Å². The number of carbonyl (C=O) groups excluding carboxylic acids is 1. The van der Waals surface area contributed by atoms with E-state index < -0.39 is 0 Å². The second-order valence-corrected chi connectivity index (χ2v) is 7.09. The van der Waals surface area contributed by atoms with Gasteiger partial charge in [-0.05, 0) is 71.8 Å². The topological polar surface area (TPSA) is 41.6 Å². The molecular formula is C19H21IN2O2. The Morgan fingerprint density at radius 3 is 2.71 bits per heavy atom. The molecule has 5 heteroatoms. The van der Waals surface area contributed by atoms with Crippen LogP contribution in [-0.4, -0.2) is 31.0 Å². The Morgan fingerprint density at radius 1 is 1.25 bits per heavy atom. The van der Waals surface area contributed by atoms with Crippen molar-refractivity contribution in [3.63, 3.8) is 0 Å². The van der Waals surface area contributed by atoms with Gasteiger partial charge in [0.2, 0.25) is 5.91 Å². The number of halogens is 1. The molecule has 1 N–H and O–H groups in total. The van der Waals surface area contributed by atoms with Gasteiger partial charge in [-0.25, -0.2) is 0 Å². The molecule has 1 aliphatic heterocycles. The zero-order valence-corrected chi connectivity index (χ0v) is 15.8. The maximum Gasteiger partial charge on any atom is 0.238 e. The third kappa shape index (κ3) is 4.08. The second kappa shape index (κ2) is 7.98. The molecular weight excluding hydrogens is 415 g/mol. The molecule has 3 rings (SSSR count). The van der Waals surface area contributed by atoms with Gasteiger partial charge in [-0.1, -0.05) is 24.3 Å². The highest BCUT2D eigenvalue weighted by Crippen LogP contribution is 2.32. The molecule has 0 spiro atoms. The van der Waals surface area contributed by atoms with Crippen LogP contribution in [0.25, 0.3) is 0 Å². The molecule has 0 radical (unpaired) electrons. The number of likely N-dealkylation sites (tertiary alicyclic amines) is 1. The molecule has 24 heavy (non-hydrogen) atoms. The van der Waals surface area contributed by atoms with Crippen LogP contribution in [-0.2, 0) is 4.79 Å². The van der Waals surface area contributed by atoms with E-state index >= 15 is 0 Å². The van der Waals surface area contributed by atoms with Crippen molar-refractivity contribution in [3.8, 4) is 5.75 Å². The first-order chi connectivity index (χ1) is 11.7. The van der Waals surface area contributed by atoms with Crippen LogP contribution in [0.4, 0.5) is 5.69 Å². The van der Waals surface area contributed by atoms with Gasteiger partial charge in [0.1, 0.15) is 5.75 Å². The summed E-state index contributed by atoms with van der Waals surface area (Å²) < 4.78 is 6.27. The Hall–Kier alpha value is -1.60. The number of ether oxygens (including phenoxy) is 1. The minimum absolute atomic E-state index is 0.0412. The average molecular weight is 436 g/mol. The number of nitrogens with one attached hydrogen (secondary N) is 1. The lowest BCUT2D eigenvalue weighted by atomic mass is 10.0. The molecule has 1 fully saturated rings.